The fraction of sp³-hybridized carbons (Fsp3) is 0. The molecule has 0 fully saturated rings. The van der Waals surface area contributed by atoms with Gasteiger partial charge in [0.2, 0.25) is 0 Å². The van der Waals surface area contributed by atoms with Gasteiger partial charge >= 0.3 is 29.6 Å². The molecule has 0 aliphatic carbocycles. The minimum atomic E-state index is 0. The first-order valence-electron chi connectivity index (χ1n) is 3.23. The fourth-order valence-electron chi connectivity index (χ4n) is 0.849. The first-order chi connectivity index (χ1) is 5.47. The van der Waals surface area contributed by atoms with Crippen LogP contribution in [-0.2, 0) is 0 Å². The average molecular weight is 186 g/mol. The smallest absolute Gasteiger partial charge is 0.870 e. The molecular weight excluding hydrogens is 179 g/mol. The van der Waals surface area contributed by atoms with Crippen molar-refractivity contribution in [3.63, 3.8) is 0 Å². The molecule has 0 saturated carbocycles. The maximum Gasteiger partial charge on any atom is 1.00 e. The van der Waals surface area contributed by atoms with E-state index < -0.39 is 0 Å². The SMILES string of the molecule is [Na+].[OH-].c1cc(-c2nc[nH]n2)ccn1. The minimum Gasteiger partial charge on any atom is -0.870 e. The van der Waals surface area contributed by atoms with Gasteiger partial charge in [-0.25, -0.2) is 4.98 Å². The second kappa shape index (κ2) is 5.82. The molecule has 0 saturated heterocycles. The first-order valence-corrected chi connectivity index (χ1v) is 3.23. The van der Waals surface area contributed by atoms with Crippen molar-refractivity contribution in [3.05, 3.63) is 30.9 Å². The molecule has 6 heteroatoms. The zero-order valence-electron chi connectivity index (χ0n) is 7.18. The Hall–Kier alpha value is -0.750. The second-order valence-corrected chi connectivity index (χ2v) is 2.06. The molecule has 2 aromatic rings. The molecule has 0 spiro atoms. The van der Waals surface area contributed by atoms with Crippen LogP contribution >= 0.6 is 0 Å². The van der Waals surface area contributed by atoms with Crippen molar-refractivity contribution in [2.24, 2.45) is 0 Å². The molecule has 13 heavy (non-hydrogen) atoms. The number of aromatic amines is 1. The van der Waals surface area contributed by atoms with E-state index in [0.29, 0.717) is 5.82 Å². The molecular formula is C7H7N4NaO. The van der Waals surface area contributed by atoms with E-state index >= 15 is 0 Å². The Morgan fingerprint density at radius 1 is 1.15 bits per heavy atom. The van der Waals surface area contributed by atoms with Crippen LogP contribution in [0.2, 0.25) is 0 Å². The third kappa shape index (κ3) is 2.89. The molecule has 5 nitrogen and oxygen atoms in total. The topological polar surface area (TPSA) is 84.5 Å². The van der Waals surface area contributed by atoms with Gasteiger partial charge in [-0.1, -0.05) is 0 Å². The molecule has 0 radical (unpaired) electrons. The summed E-state index contributed by atoms with van der Waals surface area (Å²) in [5.41, 5.74) is 0.973. The van der Waals surface area contributed by atoms with Crippen LogP contribution in [0.1, 0.15) is 0 Å². The van der Waals surface area contributed by atoms with Crippen molar-refractivity contribution in [2.75, 3.05) is 0 Å². The monoisotopic (exact) mass is 186 g/mol. The quantitative estimate of drug-likeness (QED) is 0.507. The summed E-state index contributed by atoms with van der Waals surface area (Å²) < 4.78 is 0. The van der Waals surface area contributed by atoms with E-state index in [1.807, 2.05) is 12.1 Å². The average Bonchev–Trinajstić information content (AvgIpc) is 2.58. The zero-order chi connectivity index (χ0) is 7.52. The number of nitrogens with one attached hydrogen (secondary N) is 1. The van der Waals surface area contributed by atoms with Crippen molar-refractivity contribution in [1.29, 1.82) is 0 Å². The van der Waals surface area contributed by atoms with Crippen LogP contribution < -0.4 is 29.6 Å². The van der Waals surface area contributed by atoms with Gasteiger partial charge in [-0.15, -0.1) is 0 Å². The van der Waals surface area contributed by atoms with Gasteiger partial charge in [-0.2, -0.15) is 5.10 Å². The molecule has 0 unspecified atom stereocenters. The van der Waals surface area contributed by atoms with Gasteiger partial charge in [0.25, 0.3) is 0 Å². The van der Waals surface area contributed by atoms with Crippen molar-refractivity contribution in [2.45, 2.75) is 0 Å². The van der Waals surface area contributed by atoms with Gasteiger partial charge < -0.3 is 5.48 Å². The number of hydrogen-bond acceptors (Lipinski definition) is 4. The summed E-state index contributed by atoms with van der Waals surface area (Å²) in [5, 5.41) is 6.57. The van der Waals surface area contributed by atoms with Crippen molar-refractivity contribution in [1.82, 2.24) is 20.2 Å². The van der Waals surface area contributed by atoms with Crippen molar-refractivity contribution < 1.29 is 35.0 Å². The molecule has 2 heterocycles. The molecule has 0 amide bonds. The Morgan fingerprint density at radius 2 is 1.85 bits per heavy atom. The number of rotatable bonds is 1. The summed E-state index contributed by atoms with van der Waals surface area (Å²) in [5.74, 6) is 0.701. The summed E-state index contributed by atoms with van der Waals surface area (Å²) in [6.45, 7) is 0. The maximum absolute atomic E-state index is 3.99. The van der Waals surface area contributed by atoms with Crippen LogP contribution in [-0.4, -0.2) is 25.6 Å². The Balaban J connectivity index is 0.000000720. The predicted octanol–water partition coefficient (Wildman–Crippen LogP) is -2.31. The molecule has 0 aliphatic rings. The summed E-state index contributed by atoms with van der Waals surface area (Å²) >= 11 is 0. The molecule has 2 rings (SSSR count). The van der Waals surface area contributed by atoms with E-state index in [1.165, 1.54) is 0 Å². The predicted molar refractivity (Wildman–Crippen MR) is 41.5 cm³/mol. The van der Waals surface area contributed by atoms with E-state index in [2.05, 4.69) is 20.2 Å². The van der Waals surface area contributed by atoms with Crippen molar-refractivity contribution in [3.8, 4) is 11.4 Å². The Labute approximate surface area is 97.2 Å². The van der Waals surface area contributed by atoms with Gasteiger partial charge in [0, 0.05) is 18.0 Å². The van der Waals surface area contributed by atoms with Crippen LogP contribution in [0.25, 0.3) is 11.4 Å². The van der Waals surface area contributed by atoms with Gasteiger partial charge in [0.05, 0.1) is 0 Å². The normalized spacial score (nSPS) is 8.31. The molecule has 2 N–H and O–H groups in total. The summed E-state index contributed by atoms with van der Waals surface area (Å²) in [7, 11) is 0. The molecule has 0 aromatic carbocycles. The zero-order valence-corrected chi connectivity index (χ0v) is 9.18. The van der Waals surface area contributed by atoms with Crippen LogP contribution in [0.3, 0.4) is 0 Å². The number of aromatic nitrogens is 4. The van der Waals surface area contributed by atoms with Crippen molar-refractivity contribution >= 4 is 0 Å². The Kier molecular flexibility index (Phi) is 5.48. The number of H-pyrrole nitrogens is 1. The summed E-state index contributed by atoms with van der Waals surface area (Å²) in [4.78, 5) is 7.88. The third-order valence-corrected chi connectivity index (χ3v) is 1.35. The number of hydrogen-bond donors (Lipinski definition) is 1. The van der Waals surface area contributed by atoms with Crippen LogP contribution in [0.4, 0.5) is 0 Å². The largest absolute Gasteiger partial charge is 1.00 e. The molecule has 62 valence electrons. The summed E-state index contributed by atoms with van der Waals surface area (Å²) in [6.07, 6.45) is 4.98. The second-order valence-electron chi connectivity index (χ2n) is 2.06. The Morgan fingerprint density at radius 3 is 2.38 bits per heavy atom. The van der Waals surface area contributed by atoms with Gasteiger partial charge in [0.15, 0.2) is 5.82 Å². The van der Waals surface area contributed by atoms with Gasteiger partial charge in [0.1, 0.15) is 6.33 Å². The van der Waals surface area contributed by atoms with Crippen LogP contribution in [0, 0.1) is 0 Å². The van der Waals surface area contributed by atoms with E-state index in [1.54, 1.807) is 18.7 Å². The van der Waals surface area contributed by atoms with Crippen LogP contribution in [0.15, 0.2) is 30.9 Å². The fourth-order valence-corrected chi connectivity index (χ4v) is 0.849. The van der Waals surface area contributed by atoms with E-state index in [4.69, 9.17) is 0 Å². The minimum absolute atomic E-state index is 0. The standard InChI is InChI=1S/C7H6N4.Na.H2O/c1-3-8-4-2-6(1)7-9-5-10-11-7;;/h1-5H,(H,9,10,11);;1H2/q;+1;/p-1. The Bertz CT molecular complexity index is 323. The number of nitrogens with zero attached hydrogens (tertiary/aromatic N) is 3. The first kappa shape index (κ1) is 12.2. The van der Waals surface area contributed by atoms with Crippen LogP contribution in [0.5, 0.6) is 0 Å². The van der Waals surface area contributed by atoms with E-state index in [9.17, 15) is 0 Å². The maximum atomic E-state index is 3.99. The van der Waals surface area contributed by atoms with Gasteiger partial charge in [-0.3, -0.25) is 10.1 Å². The molecule has 0 bridgehead atoms. The molecule has 2 aromatic heterocycles. The summed E-state index contributed by atoms with van der Waals surface area (Å²) in [6, 6.07) is 3.73. The molecule has 0 atom stereocenters. The van der Waals surface area contributed by atoms with E-state index in [0.717, 1.165) is 5.56 Å². The third-order valence-electron chi connectivity index (χ3n) is 1.35. The van der Waals surface area contributed by atoms with Gasteiger partial charge in [-0.05, 0) is 12.1 Å². The number of pyridine rings is 1. The van der Waals surface area contributed by atoms with E-state index in [-0.39, 0.29) is 35.0 Å². The molecule has 0 aliphatic heterocycles.